The van der Waals surface area contributed by atoms with Gasteiger partial charge in [0.1, 0.15) is 0 Å². The second kappa shape index (κ2) is 13.6. The van der Waals surface area contributed by atoms with Crippen molar-refractivity contribution >= 4 is 22.1 Å². The predicted molar refractivity (Wildman–Crippen MR) is 181 cm³/mol. The van der Waals surface area contributed by atoms with Gasteiger partial charge in [0, 0.05) is 30.1 Å². The molecule has 1 saturated carbocycles. The van der Waals surface area contributed by atoms with E-state index < -0.39 is 10.0 Å². The first-order valence-corrected chi connectivity index (χ1v) is 17.8. The number of aryl methyl sites for hydroxylation is 2. The highest BCUT2D eigenvalue weighted by atomic mass is 32.2. The molecule has 10 heteroatoms. The van der Waals surface area contributed by atoms with Gasteiger partial charge in [0.25, 0.3) is 10.0 Å². The van der Waals surface area contributed by atoms with E-state index in [1.165, 1.54) is 7.11 Å². The molecule has 1 fully saturated rings. The lowest BCUT2D eigenvalue weighted by Crippen LogP contribution is -2.43. The van der Waals surface area contributed by atoms with Crippen molar-refractivity contribution < 1.29 is 22.7 Å². The summed E-state index contributed by atoms with van der Waals surface area (Å²) in [6, 6.07) is 15.3. The molecule has 2 atom stereocenters. The number of carbonyl (C=O) groups is 1. The quantitative estimate of drug-likeness (QED) is 0.301. The molecule has 1 aliphatic heterocycles. The molecule has 1 aliphatic carbocycles. The summed E-state index contributed by atoms with van der Waals surface area (Å²) < 4.78 is 41.9. The minimum atomic E-state index is -4.00. The number of aromatic nitrogens is 2. The molecule has 248 valence electrons. The van der Waals surface area contributed by atoms with Crippen LogP contribution in [0.1, 0.15) is 82.4 Å². The molecule has 2 heterocycles. The number of carbonyl (C=O) groups excluding carboxylic acids is 1. The van der Waals surface area contributed by atoms with E-state index in [1.54, 1.807) is 6.07 Å². The van der Waals surface area contributed by atoms with E-state index in [9.17, 15) is 13.2 Å². The van der Waals surface area contributed by atoms with Crippen molar-refractivity contribution in [1.29, 1.82) is 0 Å². The van der Waals surface area contributed by atoms with Crippen LogP contribution >= 0.6 is 0 Å². The fourth-order valence-corrected chi connectivity index (χ4v) is 8.58. The number of ether oxygens (including phenoxy) is 2. The van der Waals surface area contributed by atoms with Gasteiger partial charge in [-0.25, -0.2) is 22.9 Å². The van der Waals surface area contributed by atoms with Crippen molar-refractivity contribution in [1.82, 2.24) is 14.9 Å². The van der Waals surface area contributed by atoms with Crippen LogP contribution in [-0.4, -0.2) is 55.7 Å². The molecule has 46 heavy (non-hydrogen) atoms. The van der Waals surface area contributed by atoms with Crippen LogP contribution in [0, 0.1) is 31.1 Å². The van der Waals surface area contributed by atoms with E-state index in [0.717, 1.165) is 54.4 Å². The van der Waals surface area contributed by atoms with Gasteiger partial charge in [-0.2, -0.15) is 4.98 Å². The fraction of sp³-hybridized carbons (Fsp3) is 0.528. The van der Waals surface area contributed by atoms with Crippen LogP contribution in [-0.2, 0) is 14.8 Å². The molecule has 9 nitrogen and oxygen atoms in total. The van der Waals surface area contributed by atoms with Crippen LogP contribution in [0.15, 0.2) is 53.4 Å². The number of methoxy groups -OCH3 is 1. The van der Waals surface area contributed by atoms with E-state index in [4.69, 9.17) is 9.47 Å². The second-order valence-electron chi connectivity index (χ2n) is 14.0. The van der Waals surface area contributed by atoms with Gasteiger partial charge in [-0.1, -0.05) is 51.1 Å². The summed E-state index contributed by atoms with van der Waals surface area (Å²) in [7, 11) is -2.57. The average molecular weight is 649 g/mol. The maximum Gasteiger partial charge on any atom is 0.409 e. The summed E-state index contributed by atoms with van der Waals surface area (Å²) in [5, 5.41) is 0. The van der Waals surface area contributed by atoms with Crippen molar-refractivity contribution in [2.24, 2.45) is 17.3 Å². The van der Waals surface area contributed by atoms with Crippen LogP contribution in [0.3, 0.4) is 0 Å². The molecular weight excluding hydrogens is 600 g/mol. The van der Waals surface area contributed by atoms with Gasteiger partial charge in [0.05, 0.1) is 24.3 Å². The van der Waals surface area contributed by atoms with Gasteiger partial charge in [0.2, 0.25) is 11.8 Å². The lowest BCUT2D eigenvalue weighted by Gasteiger charge is -2.42. The number of hydrogen-bond donors (Lipinski definition) is 1. The average Bonchev–Trinajstić information content (AvgIpc) is 2.99. The lowest BCUT2D eigenvalue weighted by molar-refractivity contribution is 0.0778. The zero-order valence-electron chi connectivity index (χ0n) is 28.2. The first-order valence-electron chi connectivity index (χ1n) is 16.4. The molecule has 5 rings (SSSR count). The number of benzene rings is 2. The van der Waals surface area contributed by atoms with Gasteiger partial charge in [-0.05, 0) is 98.9 Å². The van der Waals surface area contributed by atoms with E-state index in [0.29, 0.717) is 24.7 Å². The molecule has 1 N–H and O–H groups in total. The number of anilines is 1. The highest BCUT2D eigenvalue weighted by Gasteiger charge is 2.38. The topological polar surface area (TPSA) is 111 Å². The van der Waals surface area contributed by atoms with Crippen LogP contribution in [0.4, 0.5) is 10.7 Å². The lowest BCUT2D eigenvalue weighted by atomic mass is 9.67. The zero-order valence-corrected chi connectivity index (χ0v) is 29.0. The first-order chi connectivity index (χ1) is 21.8. The van der Waals surface area contributed by atoms with Crippen LogP contribution in [0.5, 0.6) is 5.88 Å². The summed E-state index contributed by atoms with van der Waals surface area (Å²) >= 11 is 0. The van der Waals surface area contributed by atoms with Gasteiger partial charge in [-0.15, -0.1) is 0 Å². The number of rotatable bonds is 5. The Bertz CT molecular complexity index is 1640. The van der Waals surface area contributed by atoms with Crippen LogP contribution in [0.2, 0.25) is 0 Å². The Morgan fingerprint density at radius 3 is 2.33 bits per heavy atom. The predicted octanol–water partition coefficient (Wildman–Crippen LogP) is 7.74. The van der Waals surface area contributed by atoms with E-state index in [2.05, 4.69) is 41.5 Å². The Morgan fingerprint density at radius 1 is 1.02 bits per heavy atom. The number of hydrogen-bond acceptors (Lipinski definition) is 7. The number of sulfonamides is 1. The summed E-state index contributed by atoms with van der Waals surface area (Å²) in [5.74, 6) is 0.727. The van der Waals surface area contributed by atoms with Crippen molar-refractivity contribution in [2.45, 2.75) is 90.5 Å². The van der Waals surface area contributed by atoms with Crippen molar-refractivity contribution in [3.8, 4) is 17.1 Å². The van der Waals surface area contributed by atoms with Crippen molar-refractivity contribution in [3.63, 3.8) is 0 Å². The molecule has 1 unspecified atom stereocenters. The summed E-state index contributed by atoms with van der Waals surface area (Å²) in [4.78, 5) is 23.7. The molecule has 1 amide bonds. The SMILES string of the molecule is CCN(C(=O)OC)[C@H]1CC[C@H](C2c3cccc(c3)S(=O)(=O)Nc3nc(cc(-c4c(C)cccc4C)n3)OC[C@H]2CC(C)(C)C)CC1. The van der Waals surface area contributed by atoms with Gasteiger partial charge in [-0.3, -0.25) is 0 Å². The molecule has 1 aromatic heterocycles. The van der Waals surface area contributed by atoms with E-state index in [1.807, 2.05) is 62.1 Å². The second-order valence-corrected chi connectivity index (χ2v) is 15.7. The summed E-state index contributed by atoms with van der Waals surface area (Å²) in [6.07, 6.45) is 4.13. The number of fused-ring (bicyclic) bond motifs is 4. The molecule has 2 aliphatic rings. The van der Waals surface area contributed by atoms with Gasteiger partial charge in [0.15, 0.2) is 0 Å². The van der Waals surface area contributed by atoms with Crippen molar-refractivity contribution in [2.75, 3.05) is 25.0 Å². The Hall–Kier alpha value is -3.66. The standard InChI is InChI=1S/C36H48N4O5S/c1-8-40(35(41)44-7)28-17-15-25(16-18-28)33-26-13-10-14-29(19-26)46(42,43)39-34-37-30(32-23(2)11-9-12-24(32)3)20-31(38-34)45-22-27(33)21-36(4,5)6/h9-14,19-20,25,27-28,33H,8,15-18,21-22H2,1-7H3,(H,37,38,39)/t25-,27-,28-,33?/m1/s1. The third kappa shape index (κ3) is 7.48. The monoisotopic (exact) mass is 648 g/mol. The van der Waals surface area contributed by atoms with E-state index in [-0.39, 0.29) is 46.1 Å². The summed E-state index contributed by atoms with van der Waals surface area (Å²) in [5.41, 5.74) is 4.59. The number of amides is 1. The Balaban J connectivity index is 1.58. The smallest absolute Gasteiger partial charge is 0.409 e. The van der Waals surface area contributed by atoms with E-state index >= 15 is 0 Å². The number of nitrogens with zero attached hydrogens (tertiary/aromatic N) is 3. The minimum absolute atomic E-state index is 0.00403. The molecular formula is C36H48N4O5S. The molecule has 2 aromatic carbocycles. The Morgan fingerprint density at radius 2 is 1.70 bits per heavy atom. The number of nitrogens with one attached hydrogen (secondary N) is 1. The highest BCUT2D eigenvalue weighted by molar-refractivity contribution is 7.92. The third-order valence-electron chi connectivity index (χ3n) is 9.49. The maximum atomic E-state index is 13.8. The normalized spacial score (nSPS) is 22.8. The third-order valence-corrected chi connectivity index (χ3v) is 10.8. The zero-order chi connectivity index (χ0) is 33.2. The minimum Gasteiger partial charge on any atom is -0.477 e. The first kappa shape index (κ1) is 33.7. The highest BCUT2D eigenvalue weighted by Crippen LogP contribution is 2.46. The Kier molecular flexibility index (Phi) is 9.96. The van der Waals surface area contributed by atoms with Gasteiger partial charge < -0.3 is 14.4 Å². The van der Waals surface area contributed by atoms with Crippen molar-refractivity contribution in [3.05, 3.63) is 65.2 Å². The molecule has 0 saturated heterocycles. The molecule has 0 spiro atoms. The maximum absolute atomic E-state index is 13.8. The van der Waals surface area contributed by atoms with Crippen LogP contribution < -0.4 is 9.46 Å². The molecule has 4 bridgehead atoms. The van der Waals surface area contributed by atoms with Gasteiger partial charge >= 0.3 is 6.09 Å². The molecule has 0 radical (unpaired) electrons. The fourth-order valence-electron chi connectivity index (χ4n) is 7.58. The largest absolute Gasteiger partial charge is 0.477 e. The molecule has 3 aromatic rings. The summed E-state index contributed by atoms with van der Waals surface area (Å²) in [6.45, 7) is 13.7. The van der Waals surface area contributed by atoms with Crippen LogP contribution in [0.25, 0.3) is 11.3 Å². The Labute approximate surface area is 274 Å².